The summed E-state index contributed by atoms with van der Waals surface area (Å²) < 4.78 is 21.6. The Morgan fingerprint density at radius 3 is 2.35 bits per heavy atom. The average Bonchev–Trinajstić information content (AvgIpc) is 3.75. The third-order valence-electron chi connectivity index (χ3n) is 12.5. The first-order valence-corrected chi connectivity index (χ1v) is 24.8. The molecule has 0 radical (unpaired) electrons. The van der Waals surface area contributed by atoms with Crippen molar-refractivity contribution in [3.63, 3.8) is 0 Å². The highest BCUT2D eigenvalue weighted by Crippen LogP contribution is 2.32. The molecular weight excluding hydrogens is 850 g/mol. The lowest BCUT2D eigenvalue weighted by molar-refractivity contribution is -0.147. The van der Waals surface area contributed by atoms with Crippen molar-refractivity contribution in [2.45, 2.75) is 176 Å². The monoisotopic (exact) mass is 930 g/mol. The lowest BCUT2D eigenvalue weighted by atomic mass is 9.84. The minimum Gasteiger partial charge on any atom is -0.481 e. The molecule has 65 heavy (non-hydrogen) atoms. The minimum absolute atomic E-state index is 0.0168. The lowest BCUT2D eigenvalue weighted by Crippen LogP contribution is -2.59. The Bertz CT molecular complexity index is 1840. The zero-order valence-electron chi connectivity index (χ0n) is 41.1. The Morgan fingerprint density at radius 2 is 1.75 bits per heavy atom. The maximum absolute atomic E-state index is 15.3. The summed E-state index contributed by atoms with van der Waals surface area (Å²) in [6, 6.07) is 2.51. The van der Waals surface area contributed by atoms with Crippen LogP contribution in [0.25, 0.3) is 0 Å². The maximum atomic E-state index is 15.3. The van der Waals surface area contributed by atoms with E-state index in [0.717, 1.165) is 51.5 Å². The zero-order valence-corrected chi connectivity index (χ0v) is 41.9. The summed E-state index contributed by atoms with van der Waals surface area (Å²) in [5, 5.41) is 24.0. The van der Waals surface area contributed by atoms with Crippen molar-refractivity contribution in [3.05, 3.63) is 45.7 Å². The van der Waals surface area contributed by atoms with E-state index < -0.39 is 41.3 Å². The number of aromatic nitrogens is 1. The number of halogens is 1. The summed E-state index contributed by atoms with van der Waals surface area (Å²) in [5.41, 5.74) is -0.570. The molecule has 3 rings (SSSR count). The van der Waals surface area contributed by atoms with Crippen molar-refractivity contribution in [1.29, 1.82) is 0 Å². The van der Waals surface area contributed by atoms with Gasteiger partial charge < -0.3 is 36.0 Å². The van der Waals surface area contributed by atoms with E-state index in [0.29, 0.717) is 36.6 Å². The van der Waals surface area contributed by atoms with Crippen LogP contribution in [0.1, 0.15) is 161 Å². The molecular formula is C49H80FN7O7S. The smallest absolute Gasteiger partial charge is 0.309 e. The van der Waals surface area contributed by atoms with E-state index in [9.17, 15) is 29.1 Å². The summed E-state index contributed by atoms with van der Waals surface area (Å²) in [4.78, 5) is 76.1. The Labute approximate surface area is 392 Å². The number of carboxylic acids is 1. The second-order valence-corrected chi connectivity index (χ2v) is 20.1. The number of aliphatic carboxylic acids is 1. The van der Waals surface area contributed by atoms with Gasteiger partial charge >= 0.3 is 5.97 Å². The van der Waals surface area contributed by atoms with E-state index in [2.05, 4.69) is 46.9 Å². The lowest BCUT2D eigenvalue weighted by Gasteiger charge is -2.40. The number of nitrogens with zero attached hydrogens (tertiary/aromatic N) is 3. The topological polar surface area (TPSA) is 182 Å². The molecule has 5 N–H and O–H groups in total. The van der Waals surface area contributed by atoms with Gasteiger partial charge in [0.2, 0.25) is 17.7 Å². The first-order chi connectivity index (χ1) is 30.7. The van der Waals surface area contributed by atoms with Gasteiger partial charge in [0, 0.05) is 43.1 Å². The Kier molecular flexibility index (Phi) is 23.0. The molecule has 366 valence electrons. The highest BCUT2D eigenvalue weighted by atomic mass is 32.1. The molecule has 2 aromatic rings. The van der Waals surface area contributed by atoms with Crippen molar-refractivity contribution in [2.24, 2.45) is 17.3 Å². The van der Waals surface area contributed by atoms with Gasteiger partial charge in [0.1, 0.15) is 28.7 Å². The number of likely N-dealkylation sites (N-methyl/N-ethyl adjacent to an activating group) is 1. The van der Waals surface area contributed by atoms with Crippen molar-refractivity contribution in [3.8, 4) is 0 Å². The van der Waals surface area contributed by atoms with E-state index in [1.807, 2.05) is 46.6 Å². The Balaban J connectivity index is 1.90. The van der Waals surface area contributed by atoms with Crippen LogP contribution in [0.15, 0.2) is 23.6 Å². The predicted molar refractivity (Wildman–Crippen MR) is 256 cm³/mol. The number of carboxylic acid groups (broad SMARTS) is 1. The molecule has 0 unspecified atom stereocenters. The Morgan fingerprint density at radius 1 is 1.03 bits per heavy atom. The van der Waals surface area contributed by atoms with Crippen molar-refractivity contribution in [1.82, 2.24) is 30.7 Å². The van der Waals surface area contributed by atoms with Gasteiger partial charge in [-0.15, -0.1) is 11.3 Å². The number of nitrogens with one attached hydrogen (secondary N) is 4. The molecule has 6 atom stereocenters. The largest absolute Gasteiger partial charge is 0.481 e. The number of anilines is 1. The number of amides is 4. The van der Waals surface area contributed by atoms with Crippen LogP contribution in [0, 0.1) is 23.1 Å². The van der Waals surface area contributed by atoms with Crippen LogP contribution in [0.3, 0.4) is 0 Å². The fourth-order valence-corrected chi connectivity index (χ4v) is 9.18. The van der Waals surface area contributed by atoms with Crippen LogP contribution in [-0.4, -0.2) is 113 Å². The van der Waals surface area contributed by atoms with Crippen LogP contribution in [-0.2, 0) is 30.3 Å². The van der Waals surface area contributed by atoms with Gasteiger partial charge in [-0.3, -0.25) is 28.9 Å². The summed E-state index contributed by atoms with van der Waals surface area (Å²) in [6.07, 6.45) is 7.41. The van der Waals surface area contributed by atoms with Crippen LogP contribution < -0.4 is 21.3 Å². The normalized spacial score (nSPS) is 17.0. The number of ether oxygens (including phenoxy) is 1. The fraction of sp³-hybridized carbons (Fsp3) is 0.714. The predicted octanol–water partition coefficient (Wildman–Crippen LogP) is 7.98. The van der Waals surface area contributed by atoms with Crippen LogP contribution >= 0.6 is 11.3 Å². The molecule has 4 amide bonds. The molecule has 1 fully saturated rings. The fourth-order valence-electron chi connectivity index (χ4n) is 8.33. The number of unbranched alkanes of at least 4 members (excludes halogenated alkanes) is 3. The van der Waals surface area contributed by atoms with Crippen LogP contribution in [0.4, 0.5) is 10.1 Å². The van der Waals surface area contributed by atoms with E-state index >= 15 is 4.39 Å². The number of piperidine rings is 1. The molecule has 1 aliphatic rings. The molecule has 16 heteroatoms. The number of benzene rings is 1. The van der Waals surface area contributed by atoms with Gasteiger partial charge in [-0.25, -0.2) is 9.37 Å². The molecule has 0 aliphatic carbocycles. The van der Waals surface area contributed by atoms with Crippen molar-refractivity contribution in [2.75, 3.05) is 38.6 Å². The van der Waals surface area contributed by atoms with Crippen LogP contribution in [0.2, 0.25) is 0 Å². The minimum atomic E-state index is -1.23. The second-order valence-electron chi connectivity index (χ2n) is 19.2. The van der Waals surface area contributed by atoms with Crippen molar-refractivity contribution >= 4 is 46.6 Å². The number of likely N-dealkylation sites (tertiary alicyclic amines) is 1. The van der Waals surface area contributed by atoms with Gasteiger partial charge in [-0.2, -0.15) is 0 Å². The molecule has 1 aromatic carbocycles. The van der Waals surface area contributed by atoms with Gasteiger partial charge in [0.05, 0.1) is 23.7 Å². The summed E-state index contributed by atoms with van der Waals surface area (Å²) in [6.45, 7) is 21.0. The quantitative estimate of drug-likeness (QED) is 0.0525. The van der Waals surface area contributed by atoms with Gasteiger partial charge in [-0.05, 0) is 96.0 Å². The molecule has 1 aromatic heterocycles. The number of hydrogen-bond acceptors (Lipinski definition) is 10. The highest BCUT2D eigenvalue weighted by molar-refractivity contribution is 7.09. The van der Waals surface area contributed by atoms with E-state index in [-0.39, 0.29) is 78.5 Å². The molecule has 0 saturated carbocycles. The third-order valence-corrected chi connectivity index (χ3v) is 13.5. The molecule has 2 heterocycles. The van der Waals surface area contributed by atoms with Gasteiger partial charge in [0.15, 0.2) is 0 Å². The SMILES string of the molecule is CCCCCCN(C(=O)[C@@H](NC(=O)[C@H]1CCCCN1C)[C@@H](C)CC)[C@H](C[C@@H](OCC)c1nc(C(=O)N[C@@H](Cc2ccc(NC(=O)CNC(C)C)c(F)c2)CC(C)(C)C(=O)O)cs1)C(C)C. The van der Waals surface area contributed by atoms with Gasteiger partial charge in [0.25, 0.3) is 5.91 Å². The molecule has 1 aliphatic heterocycles. The number of carbonyl (C=O) groups is 5. The van der Waals surface area contributed by atoms with E-state index in [4.69, 9.17) is 9.72 Å². The summed E-state index contributed by atoms with van der Waals surface area (Å²) in [7, 11) is 1.97. The molecule has 1 saturated heterocycles. The van der Waals surface area contributed by atoms with Gasteiger partial charge in [-0.1, -0.05) is 86.6 Å². The second kappa shape index (κ2) is 27.0. The average molecular weight is 930 g/mol. The van der Waals surface area contributed by atoms with Crippen molar-refractivity contribution < 1.29 is 38.2 Å². The summed E-state index contributed by atoms with van der Waals surface area (Å²) >= 11 is 1.28. The molecule has 0 bridgehead atoms. The number of thiazole rings is 1. The molecule has 14 nitrogen and oxygen atoms in total. The van der Waals surface area contributed by atoms with E-state index in [1.54, 1.807) is 25.3 Å². The van der Waals surface area contributed by atoms with E-state index in [1.165, 1.54) is 23.5 Å². The Hall–Kier alpha value is -3.99. The maximum Gasteiger partial charge on any atom is 0.309 e. The standard InChI is InChI=1S/C49H80FN7O7S/c1-12-15-16-18-24-57(47(61)43(33(8)13-2)55-45(60)39-20-17-19-23-56(39)11)40(31(4)5)27-41(64-14-3)46-54-38(30-65-46)44(59)52-35(28-49(9,10)48(62)63)25-34-21-22-37(36(50)26-34)53-42(58)29-51-32(6)7/h21-22,26,30-33,35,39-41,43,51H,12-20,23-25,27-29H2,1-11H3,(H,52,59)(H,53,58)(H,55,60)(H,62,63)/t33-,35-,39+,40+,41+,43-/m0/s1. The summed E-state index contributed by atoms with van der Waals surface area (Å²) in [5.74, 6) is -2.87. The first kappa shape index (κ1) is 55.3. The zero-order chi connectivity index (χ0) is 48.4. The first-order valence-electron chi connectivity index (χ1n) is 24.0. The molecule has 0 spiro atoms. The number of carbonyl (C=O) groups excluding carboxylic acids is 4. The third kappa shape index (κ3) is 17.3. The highest BCUT2D eigenvalue weighted by Gasteiger charge is 2.39. The number of rotatable bonds is 28. The van der Waals surface area contributed by atoms with Crippen LogP contribution in [0.5, 0.6) is 0 Å². The number of hydrogen-bond donors (Lipinski definition) is 5.